The lowest BCUT2D eigenvalue weighted by Crippen LogP contribution is -2.02. The van der Waals surface area contributed by atoms with Crippen LogP contribution in [0.4, 0.5) is 0 Å². The first-order valence-electron chi connectivity index (χ1n) is 38.8. The quantitative estimate of drug-likeness (QED) is 0.162. The lowest BCUT2D eigenvalue weighted by molar-refractivity contribution is 0.667. The summed E-state index contributed by atoms with van der Waals surface area (Å²) in [6.07, 6.45) is 0. The van der Waals surface area contributed by atoms with Crippen LogP contribution in [0.3, 0.4) is 0 Å². The first-order valence-corrected chi connectivity index (χ1v) is 42.1. The fourth-order valence-corrected chi connectivity index (χ4v) is 22.3. The molecule has 0 aliphatic rings. The first-order chi connectivity index (χ1) is 58.0. The van der Waals surface area contributed by atoms with Crippen molar-refractivity contribution in [1.29, 1.82) is 0 Å². The van der Waals surface area contributed by atoms with E-state index in [-0.39, 0.29) is 0 Å². The van der Waals surface area contributed by atoms with Gasteiger partial charge in [-0.25, -0.2) is 29.9 Å². The summed E-state index contributed by atoms with van der Waals surface area (Å²) in [4.78, 5) is 31.6. The summed E-state index contributed by atoms with van der Waals surface area (Å²) in [6, 6.07) is 121. The molecule has 0 unspecified atom stereocenters. The summed E-state index contributed by atoms with van der Waals surface area (Å²) in [6.45, 7) is 0. The molecule has 0 saturated carbocycles. The van der Waals surface area contributed by atoms with Crippen LogP contribution in [0.25, 0.3) is 242 Å². The molecule has 546 valence electrons. The smallest absolute Gasteiger partial charge is 0.236 e. The van der Waals surface area contributed by atoms with Crippen LogP contribution in [-0.2, 0) is 0 Å². The Bertz CT molecular complexity index is 7840. The molecular formula is C102H57N9O2S4. The molecule has 0 N–H and O–H groups in total. The highest BCUT2D eigenvalue weighted by atomic mass is 32.1. The third-order valence-corrected chi connectivity index (χ3v) is 27.4. The van der Waals surface area contributed by atoms with Crippen molar-refractivity contribution in [2.45, 2.75) is 0 Å². The average Bonchev–Trinajstić information content (AvgIpc) is 1.58. The van der Waals surface area contributed by atoms with E-state index in [2.05, 4.69) is 323 Å². The van der Waals surface area contributed by atoms with E-state index in [4.69, 9.17) is 38.7 Å². The molecule has 0 aliphatic carbocycles. The molecule has 0 fully saturated rings. The molecule has 12 aromatic heterocycles. The zero-order valence-electron chi connectivity index (χ0n) is 61.9. The van der Waals surface area contributed by atoms with Crippen molar-refractivity contribution in [2.75, 3.05) is 0 Å². The third kappa shape index (κ3) is 10.3. The summed E-state index contributed by atoms with van der Waals surface area (Å²) < 4.78 is 29.1. The van der Waals surface area contributed by atoms with Crippen molar-refractivity contribution in [3.63, 3.8) is 0 Å². The number of hydrogen-bond acceptors (Lipinski definition) is 12. The fraction of sp³-hybridized carbons (Fsp3) is 0. The molecule has 0 bridgehead atoms. The van der Waals surface area contributed by atoms with Crippen molar-refractivity contribution in [3.05, 3.63) is 346 Å². The van der Waals surface area contributed by atoms with E-state index in [1.165, 1.54) is 82.7 Å². The van der Waals surface area contributed by atoms with Crippen LogP contribution >= 0.6 is 45.3 Å². The second-order valence-corrected chi connectivity index (χ2v) is 33.8. The number of fused-ring (bicyclic) bond motifs is 27. The summed E-state index contributed by atoms with van der Waals surface area (Å²) in [5, 5.41) is 17.8. The van der Waals surface area contributed by atoms with E-state index >= 15 is 0 Å². The van der Waals surface area contributed by atoms with Crippen LogP contribution in [0.1, 0.15) is 0 Å². The van der Waals surface area contributed by atoms with Gasteiger partial charge in [0.2, 0.25) is 17.8 Å². The molecule has 11 nitrogen and oxygen atoms in total. The molecular weight excluding hydrogens is 1510 g/mol. The summed E-state index contributed by atoms with van der Waals surface area (Å²) in [7, 11) is 0. The zero-order chi connectivity index (χ0) is 76.5. The van der Waals surface area contributed by atoms with Crippen LogP contribution in [-0.4, -0.2) is 43.6 Å². The monoisotopic (exact) mass is 1570 g/mol. The van der Waals surface area contributed by atoms with Gasteiger partial charge in [-0.2, -0.15) is 0 Å². The SMILES string of the molecule is c1ccc(-c2nc(-n3c4ccccc4c4ccccc43)nc3c2oc2cc4sc5ccccc5c4cc23)cc1.c1ccc(-c2nc(-n3c4ccccc4c4ccccc43)nc3c2sc2cc4oc5ccccc5c4cc23)cc1.c1ccc(-c2nc(-n3c4ccccc4c4ccccc43)nc3c2sc2cc4sc5ccccc5c4cc23)cc1. The second-order valence-electron chi connectivity index (χ2n) is 29.5. The van der Waals surface area contributed by atoms with Gasteiger partial charge < -0.3 is 8.83 Å². The molecule has 0 radical (unpaired) electrons. The molecule has 27 rings (SSSR count). The number of para-hydroxylation sites is 7. The molecule has 15 aromatic carbocycles. The van der Waals surface area contributed by atoms with Gasteiger partial charge in [0.25, 0.3) is 0 Å². The highest BCUT2D eigenvalue weighted by Gasteiger charge is 2.27. The van der Waals surface area contributed by atoms with E-state index in [0.29, 0.717) is 23.4 Å². The van der Waals surface area contributed by atoms with Crippen LogP contribution < -0.4 is 0 Å². The molecule has 12 heterocycles. The molecule has 0 aliphatic heterocycles. The van der Waals surface area contributed by atoms with Crippen molar-refractivity contribution in [1.82, 2.24) is 43.6 Å². The summed E-state index contributed by atoms with van der Waals surface area (Å²) in [5.74, 6) is 2.01. The molecule has 0 spiro atoms. The molecule has 27 aromatic rings. The van der Waals surface area contributed by atoms with E-state index in [1.54, 1.807) is 34.0 Å². The predicted molar refractivity (Wildman–Crippen MR) is 492 cm³/mol. The van der Waals surface area contributed by atoms with Crippen molar-refractivity contribution in [2.24, 2.45) is 0 Å². The van der Waals surface area contributed by atoms with E-state index < -0.39 is 0 Å². The highest BCUT2D eigenvalue weighted by molar-refractivity contribution is 7.28. The Hall–Kier alpha value is -14.6. The Morgan fingerprint density at radius 2 is 0.513 bits per heavy atom. The Morgan fingerprint density at radius 3 is 0.957 bits per heavy atom. The number of rotatable bonds is 6. The van der Waals surface area contributed by atoms with Gasteiger partial charge in [-0.3, -0.25) is 13.7 Å². The second kappa shape index (κ2) is 26.0. The number of aromatic nitrogens is 9. The maximum Gasteiger partial charge on any atom is 0.236 e. The highest BCUT2D eigenvalue weighted by Crippen LogP contribution is 2.48. The predicted octanol–water partition coefficient (Wildman–Crippen LogP) is 29.0. The maximum absolute atomic E-state index is 6.56. The Kier molecular flexibility index (Phi) is 14.6. The van der Waals surface area contributed by atoms with E-state index in [0.717, 1.165) is 136 Å². The van der Waals surface area contributed by atoms with Crippen LogP contribution in [0.2, 0.25) is 0 Å². The van der Waals surface area contributed by atoms with E-state index in [1.807, 2.05) is 47.7 Å². The molecule has 0 amide bonds. The van der Waals surface area contributed by atoms with Gasteiger partial charge in [0.05, 0.1) is 64.9 Å². The van der Waals surface area contributed by atoms with Gasteiger partial charge in [-0.15, -0.1) is 45.3 Å². The normalized spacial score (nSPS) is 12.1. The van der Waals surface area contributed by atoms with Gasteiger partial charge in [-0.05, 0) is 91.0 Å². The summed E-state index contributed by atoms with van der Waals surface area (Å²) in [5.41, 5.74) is 18.6. The van der Waals surface area contributed by atoms with Gasteiger partial charge in [0.15, 0.2) is 5.58 Å². The maximum atomic E-state index is 6.56. The molecule has 0 atom stereocenters. The summed E-state index contributed by atoms with van der Waals surface area (Å²) >= 11 is 7.17. The minimum atomic E-state index is 0.636. The van der Waals surface area contributed by atoms with Crippen molar-refractivity contribution in [3.8, 4) is 51.6 Å². The lowest BCUT2D eigenvalue weighted by atomic mass is 10.1. The molecule has 0 saturated heterocycles. The molecule has 15 heteroatoms. The van der Waals surface area contributed by atoms with E-state index in [9.17, 15) is 0 Å². The Labute approximate surface area is 680 Å². The average molecular weight is 1570 g/mol. The lowest BCUT2D eigenvalue weighted by Gasteiger charge is -2.10. The third-order valence-electron chi connectivity index (χ3n) is 22.9. The Morgan fingerprint density at radius 1 is 0.197 bits per heavy atom. The van der Waals surface area contributed by atoms with Crippen molar-refractivity contribution >= 4 is 236 Å². The van der Waals surface area contributed by atoms with Crippen LogP contribution in [0.5, 0.6) is 0 Å². The van der Waals surface area contributed by atoms with Gasteiger partial charge in [0.1, 0.15) is 28.0 Å². The van der Waals surface area contributed by atoms with Gasteiger partial charge in [0, 0.05) is 126 Å². The van der Waals surface area contributed by atoms with Crippen LogP contribution in [0.15, 0.2) is 355 Å². The van der Waals surface area contributed by atoms with Crippen LogP contribution in [0, 0.1) is 0 Å². The minimum Gasteiger partial charge on any atom is -0.456 e. The number of thiophene rings is 4. The number of nitrogens with zero attached hydrogens (tertiary/aromatic N) is 9. The topological polar surface area (TPSA) is 118 Å². The largest absolute Gasteiger partial charge is 0.456 e. The fourth-order valence-electron chi connectivity index (χ4n) is 17.6. The van der Waals surface area contributed by atoms with Gasteiger partial charge in [-0.1, -0.05) is 255 Å². The van der Waals surface area contributed by atoms with Crippen molar-refractivity contribution < 1.29 is 8.83 Å². The Balaban J connectivity index is 0.0000000980. The standard InChI is InChI=1S/2C34H19N3OS.C34H19N3S2/c1-2-10-20(11-3-1)31-33-32(25-18-24-23-14-6-9-17-29(23)39-30(24)19-28(25)38-33)36-34(35-31)37-26-15-7-4-12-21(26)22-13-5-8-16-27(22)37;2*1-2-10-20(11-3-1)31-33-32(25-18-24-23-14-6-9-17-28(23)38-29(24)19-30(25)39-33)36-34(35-31)37-26-15-7-4-12-21(26)22-13-5-8-16-27(22)37/h3*1-19H. The zero-order valence-corrected chi connectivity index (χ0v) is 65.1. The molecule has 117 heavy (non-hydrogen) atoms. The van der Waals surface area contributed by atoms with Gasteiger partial charge >= 0.3 is 0 Å². The number of hydrogen-bond donors (Lipinski definition) is 0. The first kappa shape index (κ1) is 65.9. The number of benzene rings is 15. The minimum absolute atomic E-state index is 0.636. The number of furan rings is 2.